The van der Waals surface area contributed by atoms with E-state index in [-0.39, 0.29) is 35.9 Å². The highest BCUT2D eigenvalue weighted by Gasteiger charge is 2.35. The number of hydrogen-bond acceptors (Lipinski definition) is 5. The third-order valence-corrected chi connectivity index (χ3v) is 7.32. The molecule has 1 heterocycles. The van der Waals surface area contributed by atoms with Crippen LogP contribution in [0.5, 0.6) is 0 Å². The van der Waals surface area contributed by atoms with Gasteiger partial charge in [0.15, 0.2) is 0 Å². The van der Waals surface area contributed by atoms with Crippen LogP contribution in [0.1, 0.15) is 19.3 Å². The molecule has 0 atom stereocenters. The first kappa shape index (κ1) is 15.8. The van der Waals surface area contributed by atoms with Gasteiger partial charge in [0.25, 0.3) is 0 Å². The molecule has 0 unspecified atom stereocenters. The fourth-order valence-corrected chi connectivity index (χ4v) is 5.38. The Morgan fingerprint density at radius 1 is 1.39 bits per heavy atom. The molecular formula is C9H18N2O4S3. The quantitative estimate of drug-likeness (QED) is 0.687. The van der Waals surface area contributed by atoms with Crippen LogP contribution in [0.3, 0.4) is 0 Å². The van der Waals surface area contributed by atoms with Gasteiger partial charge in [0.1, 0.15) is 9.84 Å². The lowest BCUT2D eigenvalue weighted by Crippen LogP contribution is -2.41. The zero-order chi connectivity index (χ0) is 14.0. The molecule has 9 heteroatoms. The zero-order valence-corrected chi connectivity index (χ0v) is 12.7. The highest BCUT2D eigenvalue weighted by atomic mass is 32.2. The smallest absolute Gasteiger partial charge is 0.216 e. The summed E-state index contributed by atoms with van der Waals surface area (Å²) in [5.41, 5.74) is 5.33. The van der Waals surface area contributed by atoms with Crippen LogP contribution in [-0.4, -0.2) is 56.5 Å². The molecule has 1 saturated heterocycles. The van der Waals surface area contributed by atoms with E-state index in [9.17, 15) is 16.8 Å². The minimum absolute atomic E-state index is 0.0555. The Balaban J connectivity index is 2.67. The molecule has 0 saturated carbocycles. The topological polar surface area (TPSA) is 97.5 Å². The normalized spacial score (nSPS) is 21.0. The van der Waals surface area contributed by atoms with Gasteiger partial charge >= 0.3 is 0 Å². The molecule has 1 aliphatic rings. The molecule has 0 bridgehead atoms. The lowest BCUT2D eigenvalue weighted by atomic mass is 10.2. The van der Waals surface area contributed by atoms with E-state index in [1.54, 1.807) is 0 Å². The molecular weight excluding hydrogens is 296 g/mol. The van der Waals surface area contributed by atoms with Crippen molar-refractivity contribution in [3.8, 4) is 0 Å². The average molecular weight is 314 g/mol. The average Bonchev–Trinajstić information content (AvgIpc) is 2.25. The van der Waals surface area contributed by atoms with Crippen molar-refractivity contribution in [2.45, 2.75) is 24.5 Å². The SMILES string of the molecule is CN(CCC(N)=S)S(=O)(=O)C1CCS(=O)(=O)CC1. The summed E-state index contributed by atoms with van der Waals surface area (Å²) in [5, 5.41) is -0.614. The minimum atomic E-state index is -3.45. The number of rotatable bonds is 5. The Kier molecular flexibility index (Phi) is 5.10. The predicted octanol–water partition coefficient (Wildman–Crippen LogP) is -0.499. The summed E-state index contributed by atoms with van der Waals surface area (Å²) in [6.45, 7) is 0.237. The monoisotopic (exact) mass is 314 g/mol. The largest absolute Gasteiger partial charge is 0.393 e. The summed E-state index contributed by atoms with van der Waals surface area (Å²) in [6.07, 6.45) is 0.667. The maximum atomic E-state index is 12.2. The van der Waals surface area contributed by atoms with E-state index in [0.29, 0.717) is 6.42 Å². The number of thiocarbonyl (C=S) groups is 1. The van der Waals surface area contributed by atoms with Crippen LogP contribution >= 0.6 is 12.2 Å². The Morgan fingerprint density at radius 3 is 2.33 bits per heavy atom. The first-order valence-electron chi connectivity index (χ1n) is 5.59. The molecule has 1 aliphatic heterocycles. The second-order valence-electron chi connectivity index (χ2n) is 4.43. The van der Waals surface area contributed by atoms with Crippen molar-refractivity contribution >= 4 is 37.1 Å². The fraction of sp³-hybridized carbons (Fsp3) is 0.889. The highest BCUT2D eigenvalue weighted by Crippen LogP contribution is 2.21. The van der Waals surface area contributed by atoms with Crippen molar-refractivity contribution < 1.29 is 16.8 Å². The summed E-state index contributed by atoms with van der Waals surface area (Å²) >= 11 is 4.70. The van der Waals surface area contributed by atoms with Gasteiger partial charge in [-0.25, -0.2) is 21.1 Å². The van der Waals surface area contributed by atoms with Crippen molar-refractivity contribution in [2.75, 3.05) is 25.1 Å². The third kappa shape index (κ3) is 4.15. The molecule has 1 rings (SSSR count). The predicted molar refractivity (Wildman–Crippen MR) is 74.6 cm³/mol. The van der Waals surface area contributed by atoms with Crippen LogP contribution in [0.25, 0.3) is 0 Å². The van der Waals surface area contributed by atoms with Crippen LogP contribution in [0.4, 0.5) is 0 Å². The molecule has 0 aromatic heterocycles. The van der Waals surface area contributed by atoms with Gasteiger partial charge in [0.05, 0.1) is 21.7 Å². The van der Waals surface area contributed by atoms with E-state index in [1.165, 1.54) is 11.4 Å². The second-order valence-corrected chi connectivity index (χ2v) is 9.58. The lowest BCUT2D eigenvalue weighted by molar-refractivity contribution is 0.459. The van der Waals surface area contributed by atoms with Crippen molar-refractivity contribution in [3.63, 3.8) is 0 Å². The van der Waals surface area contributed by atoms with Gasteiger partial charge in [-0.05, 0) is 12.8 Å². The number of hydrogen-bond donors (Lipinski definition) is 1. The zero-order valence-electron chi connectivity index (χ0n) is 10.2. The fourth-order valence-electron chi connectivity index (χ4n) is 1.82. The number of sulfone groups is 1. The molecule has 0 amide bonds. The second kappa shape index (κ2) is 5.81. The minimum Gasteiger partial charge on any atom is -0.393 e. The van der Waals surface area contributed by atoms with Crippen molar-refractivity contribution in [3.05, 3.63) is 0 Å². The van der Waals surface area contributed by atoms with E-state index in [4.69, 9.17) is 18.0 Å². The molecule has 0 spiro atoms. The molecule has 106 valence electrons. The summed E-state index contributed by atoms with van der Waals surface area (Å²) in [7, 11) is -5.04. The molecule has 0 radical (unpaired) electrons. The van der Waals surface area contributed by atoms with Crippen LogP contribution in [0, 0.1) is 0 Å². The van der Waals surface area contributed by atoms with Gasteiger partial charge in [0.2, 0.25) is 10.0 Å². The van der Waals surface area contributed by atoms with Crippen LogP contribution in [0.2, 0.25) is 0 Å². The van der Waals surface area contributed by atoms with Gasteiger partial charge < -0.3 is 5.73 Å². The number of sulfonamides is 1. The van der Waals surface area contributed by atoms with Crippen molar-refractivity contribution in [2.24, 2.45) is 5.73 Å². The first-order chi connectivity index (χ1) is 8.15. The van der Waals surface area contributed by atoms with Gasteiger partial charge in [-0.2, -0.15) is 0 Å². The van der Waals surface area contributed by atoms with Crippen LogP contribution in [-0.2, 0) is 19.9 Å². The van der Waals surface area contributed by atoms with E-state index in [0.717, 1.165) is 0 Å². The van der Waals surface area contributed by atoms with Crippen LogP contribution < -0.4 is 5.73 Å². The summed E-state index contributed by atoms with van der Waals surface area (Å²) < 4.78 is 48.1. The van der Waals surface area contributed by atoms with Gasteiger partial charge in [-0.3, -0.25) is 0 Å². The standard InChI is InChI=1S/C9H18N2O4S3/c1-11(5-2-9(10)16)18(14,15)8-3-6-17(12,13)7-4-8/h8H,2-7H2,1H3,(H2,10,16). The Bertz CT molecular complexity index is 498. The molecule has 6 nitrogen and oxygen atoms in total. The summed E-state index contributed by atoms with van der Waals surface area (Å²) in [6, 6.07) is 0. The summed E-state index contributed by atoms with van der Waals surface area (Å²) in [5.74, 6) is -0.111. The van der Waals surface area contributed by atoms with E-state index in [2.05, 4.69) is 0 Å². The van der Waals surface area contributed by atoms with Crippen LogP contribution in [0.15, 0.2) is 0 Å². The van der Waals surface area contributed by atoms with Crippen molar-refractivity contribution in [1.29, 1.82) is 0 Å². The van der Waals surface area contributed by atoms with Gasteiger partial charge in [-0.15, -0.1) is 0 Å². The molecule has 18 heavy (non-hydrogen) atoms. The third-order valence-electron chi connectivity index (χ3n) is 3.03. The van der Waals surface area contributed by atoms with Gasteiger partial charge in [-0.1, -0.05) is 12.2 Å². The maximum absolute atomic E-state index is 12.2. The Labute approximate surface area is 113 Å². The lowest BCUT2D eigenvalue weighted by Gasteiger charge is -2.27. The number of nitrogens with zero attached hydrogens (tertiary/aromatic N) is 1. The molecule has 1 fully saturated rings. The molecule has 2 N–H and O–H groups in total. The Hall–Kier alpha value is -0.250. The molecule has 0 aromatic rings. The van der Waals surface area contributed by atoms with E-state index >= 15 is 0 Å². The maximum Gasteiger partial charge on any atom is 0.216 e. The van der Waals surface area contributed by atoms with E-state index in [1.807, 2.05) is 0 Å². The first-order valence-corrected chi connectivity index (χ1v) is 9.32. The summed E-state index contributed by atoms with van der Waals surface area (Å²) in [4.78, 5) is 0.267. The molecule has 0 aromatic carbocycles. The Morgan fingerprint density at radius 2 is 1.89 bits per heavy atom. The van der Waals surface area contributed by atoms with E-state index < -0.39 is 25.1 Å². The highest BCUT2D eigenvalue weighted by molar-refractivity contribution is 7.92. The van der Waals surface area contributed by atoms with Crippen molar-refractivity contribution in [1.82, 2.24) is 4.31 Å². The van der Waals surface area contributed by atoms with Gasteiger partial charge in [0, 0.05) is 20.0 Å². The molecule has 0 aliphatic carbocycles. The number of nitrogens with two attached hydrogens (primary N) is 1.